The van der Waals surface area contributed by atoms with E-state index in [2.05, 4.69) is 74.2 Å². The molecule has 0 spiro atoms. The lowest BCUT2D eigenvalue weighted by molar-refractivity contribution is 0.384. The van der Waals surface area contributed by atoms with E-state index in [1.807, 2.05) is 0 Å². The van der Waals surface area contributed by atoms with Gasteiger partial charge < -0.3 is 0 Å². The van der Waals surface area contributed by atoms with Gasteiger partial charge in [0.2, 0.25) is 0 Å². The molecule has 2 aromatic carbocycles. The molecule has 0 heterocycles. The Hall–Kier alpha value is -2.00. The van der Waals surface area contributed by atoms with Crippen LogP contribution in [-0.4, -0.2) is 0 Å². The van der Waals surface area contributed by atoms with Crippen LogP contribution in [0.15, 0.2) is 48.5 Å². The average Bonchev–Trinajstić information content (AvgIpc) is 2.67. The predicted octanol–water partition coefficient (Wildman–Crippen LogP) is 6.66. The van der Waals surface area contributed by atoms with Gasteiger partial charge in [-0.1, -0.05) is 67.1 Å². The van der Waals surface area contributed by atoms with Crippen molar-refractivity contribution in [2.75, 3.05) is 0 Å². The summed E-state index contributed by atoms with van der Waals surface area (Å²) in [5.41, 5.74) is 5.47. The van der Waals surface area contributed by atoms with Crippen molar-refractivity contribution in [3.05, 3.63) is 70.8 Å². The molecular weight excluding hydrogens is 300 g/mol. The van der Waals surface area contributed by atoms with Crippen LogP contribution < -0.4 is 0 Å². The molecule has 2 aromatic rings. The number of rotatable bonds is 4. The minimum absolute atomic E-state index is 0.571. The Balaban J connectivity index is 1.52. The summed E-state index contributed by atoms with van der Waals surface area (Å²) in [6.07, 6.45) is 8.74. The van der Waals surface area contributed by atoms with Crippen LogP contribution in [0, 0.1) is 24.7 Å². The molecule has 0 amide bonds. The third-order valence-corrected chi connectivity index (χ3v) is 5.47. The van der Waals surface area contributed by atoms with Crippen molar-refractivity contribution in [3.63, 3.8) is 0 Å². The van der Waals surface area contributed by atoms with Gasteiger partial charge >= 0.3 is 0 Å². The predicted molar refractivity (Wildman–Crippen MR) is 108 cm³/mol. The minimum Gasteiger partial charge on any atom is -0.0945 e. The van der Waals surface area contributed by atoms with Crippen molar-refractivity contribution in [3.8, 4) is 11.8 Å². The number of unbranched alkanes of at least 4 members (excludes halogenated alkanes) is 1. The molecule has 0 atom stereocenters. The molecule has 0 saturated heterocycles. The summed E-state index contributed by atoms with van der Waals surface area (Å²) >= 11 is 0. The summed E-state index contributed by atoms with van der Waals surface area (Å²) in [4.78, 5) is 0. The van der Waals surface area contributed by atoms with E-state index in [0.717, 1.165) is 5.92 Å². The van der Waals surface area contributed by atoms with Gasteiger partial charge in [0.25, 0.3) is 0 Å². The SMILES string of the molecule is CCCCc1ccc(C#C[C@H]2CC[C@H](c3ccc(C)cc3)CC2)cc1. The molecule has 1 fully saturated rings. The van der Waals surface area contributed by atoms with E-state index in [9.17, 15) is 0 Å². The third-order valence-electron chi connectivity index (χ3n) is 5.47. The van der Waals surface area contributed by atoms with Crippen LogP contribution >= 0.6 is 0 Å². The normalized spacial score (nSPS) is 19.9. The van der Waals surface area contributed by atoms with E-state index in [0.29, 0.717) is 5.92 Å². The molecule has 0 radical (unpaired) electrons. The van der Waals surface area contributed by atoms with Gasteiger partial charge in [-0.2, -0.15) is 0 Å². The fourth-order valence-corrected chi connectivity index (χ4v) is 3.73. The maximum absolute atomic E-state index is 3.53. The number of benzene rings is 2. The molecule has 0 N–H and O–H groups in total. The summed E-state index contributed by atoms with van der Waals surface area (Å²) in [5.74, 6) is 8.25. The molecule has 0 aliphatic heterocycles. The van der Waals surface area contributed by atoms with E-state index < -0.39 is 0 Å². The van der Waals surface area contributed by atoms with Gasteiger partial charge in [-0.05, 0) is 74.6 Å². The van der Waals surface area contributed by atoms with Gasteiger partial charge in [-0.3, -0.25) is 0 Å². The fourth-order valence-electron chi connectivity index (χ4n) is 3.73. The fraction of sp³-hybridized carbons (Fsp3) is 0.440. The van der Waals surface area contributed by atoms with E-state index in [4.69, 9.17) is 0 Å². The Bertz CT molecular complexity index is 701. The van der Waals surface area contributed by atoms with Crippen LogP contribution in [-0.2, 0) is 6.42 Å². The van der Waals surface area contributed by atoms with Gasteiger partial charge in [0.1, 0.15) is 0 Å². The van der Waals surface area contributed by atoms with Crippen LogP contribution in [0.5, 0.6) is 0 Å². The lowest BCUT2D eigenvalue weighted by Crippen LogP contribution is -2.12. The first-order chi connectivity index (χ1) is 12.2. The van der Waals surface area contributed by atoms with Crippen molar-refractivity contribution >= 4 is 0 Å². The van der Waals surface area contributed by atoms with E-state index >= 15 is 0 Å². The van der Waals surface area contributed by atoms with Crippen LogP contribution in [0.1, 0.15) is 73.6 Å². The summed E-state index contributed by atoms with van der Waals surface area (Å²) in [5, 5.41) is 0. The summed E-state index contributed by atoms with van der Waals surface area (Å²) in [7, 11) is 0. The average molecular weight is 331 g/mol. The molecule has 3 rings (SSSR count). The summed E-state index contributed by atoms with van der Waals surface area (Å²) < 4.78 is 0. The smallest absolute Gasteiger partial charge is 0.0245 e. The number of aryl methyl sites for hydroxylation is 2. The monoisotopic (exact) mass is 330 g/mol. The zero-order valence-electron chi connectivity index (χ0n) is 15.7. The van der Waals surface area contributed by atoms with Gasteiger partial charge in [0.15, 0.2) is 0 Å². The molecule has 0 unspecified atom stereocenters. The van der Waals surface area contributed by atoms with Crippen molar-refractivity contribution < 1.29 is 0 Å². The molecule has 0 nitrogen and oxygen atoms in total. The Morgan fingerprint density at radius 2 is 1.56 bits per heavy atom. The van der Waals surface area contributed by atoms with Crippen LogP contribution in [0.4, 0.5) is 0 Å². The minimum atomic E-state index is 0.571. The maximum atomic E-state index is 3.53. The van der Waals surface area contributed by atoms with Crippen molar-refractivity contribution in [1.29, 1.82) is 0 Å². The molecular formula is C25H30. The third kappa shape index (κ3) is 5.23. The van der Waals surface area contributed by atoms with Crippen LogP contribution in [0.25, 0.3) is 0 Å². The summed E-state index contributed by atoms with van der Waals surface area (Å²) in [6, 6.07) is 18.0. The maximum Gasteiger partial charge on any atom is 0.0245 e. The van der Waals surface area contributed by atoms with E-state index in [-0.39, 0.29) is 0 Å². The molecule has 1 aliphatic rings. The van der Waals surface area contributed by atoms with Gasteiger partial charge in [0, 0.05) is 11.5 Å². The Kier molecular flexibility index (Phi) is 6.35. The first-order valence-corrected chi connectivity index (χ1v) is 9.91. The highest BCUT2D eigenvalue weighted by Crippen LogP contribution is 2.35. The molecule has 0 aromatic heterocycles. The Morgan fingerprint density at radius 3 is 2.20 bits per heavy atom. The first-order valence-electron chi connectivity index (χ1n) is 9.91. The second-order valence-corrected chi connectivity index (χ2v) is 7.53. The molecule has 0 heteroatoms. The van der Waals surface area contributed by atoms with Gasteiger partial charge in [-0.25, -0.2) is 0 Å². The number of hydrogen-bond donors (Lipinski definition) is 0. The van der Waals surface area contributed by atoms with Crippen molar-refractivity contribution in [1.82, 2.24) is 0 Å². The lowest BCUT2D eigenvalue weighted by Gasteiger charge is -2.26. The first kappa shape index (κ1) is 17.8. The van der Waals surface area contributed by atoms with Crippen molar-refractivity contribution in [2.24, 2.45) is 5.92 Å². The zero-order chi connectivity index (χ0) is 17.5. The quantitative estimate of drug-likeness (QED) is 0.550. The largest absolute Gasteiger partial charge is 0.0945 e. The highest BCUT2D eigenvalue weighted by Gasteiger charge is 2.20. The summed E-state index contributed by atoms with van der Waals surface area (Å²) in [6.45, 7) is 4.40. The van der Waals surface area contributed by atoms with Gasteiger partial charge in [0.05, 0.1) is 0 Å². The standard InChI is InChI=1S/C25H30/c1-3-4-5-21-8-10-22(11-9-21)12-13-23-14-18-25(19-15-23)24-16-6-20(2)7-17-24/h6-11,16-17,23,25H,3-5,14-15,18-19H2,1-2H3/t23-,25-. The van der Waals surface area contributed by atoms with Gasteiger partial charge in [-0.15, -0.1) is 0 Å². The molecule has 130 valence electrons. The van der Waals surface area contributed by atoms with Crippen LogP contribution in [0.2, 0.25) is 0 Å². The number of hydrogen-bond acceptors (Lipinski definition) is 0. The van der Waals surface area contributed by atoms with Crippen LogP contribution in [0.3, 0.4) is 0 Å². The van der Waals surface area contributed by atoms with E-state index in [1.54, 1.807) is 0 Å². The lowest BCUT2D eigenvalue weighted by atomic mass is 9.79. The van der Waals surface area contributed by atoms with E-state index in [1.165, 1.54) is 67.2 Å². The highest BCUT2D eigenvalue weighted by atomic mass is 14.2. The molecule has 1 saturated carbocycles. The second kappa shape index (κ2) is 8.91. The zero-order valence-corrected chi connectivity index (χ0v) is 15.7. The Labute approximate surface area is 153 Å². The second-order valence-electron chi connectivity index (χ2n) is 7.53. The molecule has 25 heavy (non-hydrogen) atoms. The molecule has 1 aliphatic carbocycles. The Morgan fingerprint density at radius 1 is 0.880 bits per heavy atom. The topological polar surface area (TPSA) is 0 Å². The van der Waals surface area contributed by atoms with Crippen molar-refractivity contribution in [2.45, 2.75) is 64.7 Å². The molecule has 0 bridgehead atoms. The highest BCUT2D eigenvalue weighted by molar-refractivity contribution is 5.37.